The van der Waals surface area contributed by atoms with Gasteiger partial charge in [0, 0.05) is 6.04 Å². The molecule has 0 fully saturated rings. The molecule has 0 saturated heterocycles. The summed E-state index contributed by atoms with van der Waals surface area (Å²) in [7, 11) is 0. The number of benzene rings is 2. The molecule has 1 amide bonds. The molecule has 1 N–H and O–H groups in total. The SMILES string of the molecule is CC(C)NC(=O)Oc1ccc2ccccc2c1. The monoisotopic (exact) mass is 229 g/mol. The largest absolute Gasteiger partial charge is 0.412 e. The predicted octanol–water partition coefficient (Wildman–Crippen LogP) is 3.34. The lowest BCUT2D eigenvalue weighted by Gasteiger charge is -2.09. The summed E-state index contributed by atoms with van der Waals surface area (Å²) < 4.78 is 5.18. The molecule has 0 saturated carbocycles. The van der Waals surface area contributed by atoms with Gasteiger partial charge >= 0.3 is 6.09 Å². The van der Waals surface area contributed by atoms with E-state index in [2.05, 4.69) is 5.32 Å². The number of hydrogen-bond donors (Lipinski definition) is 1. The molecular weight excluding hydrogens is 214 g/mol. The van der Waals surface area contributed by atoms with Crippen molar-refractivity contribution in [1.29, 1.82) is 0 Å². The summed E-state index contributed by atoms with van der Waals surface area (Å²) in [4.78, 5) is 11.4. The molecule has 0 radical (unpaired) electrons. The third-order valence-electron chi connectivity index (χ3n) is 2.34. The highest BCUT2D eigenvalue weighted by molar-refractivity contribution is 5.84. The lowest BCUT2D eigenvalue weighted by atomic mass is 10.1. The van der Waals surface area contributed by atoms with Gasteiger partial charge in [0.2, 0.25) is 0 Å². The summed E-state index contributed by atoms with van der Waals surface area (Å²) >= 11 is 0. The normalized spacial score (nSPS) is 10.5. The highest BCUT2D eigenvalue weighted by atomic mass is 16.6. The highest BCUT2D eigenvalue weighted by Gasteiger charge is 2.05. The Morgan fingerprint density at radius 1 is 1.12 bits per heavy atom. The van der Waals surface area contributed by atoms with E-state index >= 15 is 0 Å². The fraction of sp³-hybridized carbons (Fsp3) is 0.214. The standard InChI is InChI=1S/C14H15NO2/c1-10(2)15-14(16)17-13-8-7-11-5-3-4-6-12(11)9-13/h3-10H,1-2H3,(H,15,16). The number of fused-ring (bicyclic) bond motifs is 1. The molecule has 2 aromatic rings. The minimum absolute atomic E-state index is 0.0722. The summed E-state index contributed by atoms with van der Waals surface area (Å²) in [6.45, 7) is 3.78. The first-order valence-corrected chi connectivity index (χ1v) is 5.62. The van der Waals surface area contributed by atoms with Crippen LogP contribution < -0.4 is 10.1 Å². The van der Waals surface area contributed by atoms with Crippen molar-refractivity contribution >= 4 is 16.9 Å². The smallest absolute Gasteiger partial charge is 0.410 e. The lowest BCUT2D eigenvalue weighted by Crippen LogP contribution is -2.32. The van der Waals surface area contributed by atoms with Crippen LogP contribution in [0.25, 0.3) is 10.8 Å². The maximum absolute atomic E-state index is 11.4. The molecular formula is C14H15NO2. The van der Waals surface area contributed by atoms with Crippen molar-refractivity contribution in [2.75, 3.05) is 0 Å². The Labute approximate surface area is 100 Å². The minimum atomic E-state index is -0.421. The first kappa shape index (κ1) is 11.5. The summed E-state index contributed by atoms with van der Waals surface area (Å²) in [5, 5.41) is 4.86. The average molecular weight is 229 g/mol. The molecule has 0 atom stereocenters. The van der Waals surface area contributed by atoms with E-state index in [1.54, 1.807) is 6.07 Å². The molecule has 0 heterocycles. The average Bonchev–Trinajstić information content (AvgIpc) is 2.27. The van der Waals surface area contributed by atoms with Gasteiger partial charge in [-0.05, 0) is 36.8 Å². The highest BCUT2D eigenvalue weighted by Crippen LogP contribution is 2.20. The first-order valence-electron chi connectivity index (χ1n) is 5.62. The molecule has 0 aromatic heterocycles. The number of rotatable bonds is 2. The second-order valence-electron chi connectivity index (χ2n) is 4.20. The summed E-state index contributed by atoms with van der Waals surface area (Å²) in [6, 6.07) is 13.6. The Bertz CT molecular complexity index is 534. The molecule has 17 heavy (non-hydrogen) atoms. The molecule has 0 aliphatic rings. The van der Waals surface area contributed by atoms with Gasteiger partial charge in [-0.3, -0.25) is 0 Å². The number of nitrogens with one attached hydrogen (secondary N) is 1. The van der Waals surface area contributed by atoms with E-state index in [1.165, 1.54) is 0 Å². The van der Waals surface area contributed by atoms with Gasteiger partial charge in [-0.25, -0.2) is 4.79 Å². The van der Waals surface area contributed by atoms with Crippen LogP contribution in [0.4, 0.5) is 4.79 Å². The van der Waals surface area contributed by atoms with Crippen LogP contribution in [0.5, 0.6) is 5.75 Å². The van der Waals surface area contributed by atoms with Gasteiger partial charge in [0.25, 0.3) is 0 Å². The zero-order valence-electron chi connectivity index (χ0n) is 9.94. The van der Waals surface area contributed by atoms with Crippen LogP contribution in [0.3, 0.4) is 0 Å². The van der Waals surface area contributed by atoms with Crippen LogP contribution >= 0.6 is 0 Å². The number of amides is 1. The number of carbonyl (C=O) groups is 1. The minimum Gasteiger partial charge on any atom is -0.410 e. The number of ether oxygens (including phenoxy) is 1. The summed E-state index contributed by atoms with van der Waals surface area (Å²) in [6.07, 6.45) is -0.421. The summed E-state index contributed by atoms with van der Waals surface area (Å²) in [5.41, 5.74) is 0. The Morgan fingerprint density at radius 2 is 1.82 bits per heavy atom. The Hall–Kier alpha value is -2.03. The molecule has 0 spiro atoms. The van der Waals surface area contributed by atoms with E-state index in [0.717, 1.165) is 10.8 Å². The van der Waals surface area contributed by atoms with Gasteiger partial charge in [0.15, 0.2) is 0 Å². The Morgan fingerprint density at radius 3 is 2.53 bits per heavy atom. The first-order chi connectivity index (χ1) is 8.15. The Kier molecular flexibility index (Phi) is 3.28. The van der Waals surface area contributed by atoms with Crippen LogP contribution in [-0.2, 0) is 0 Å². The molecule has 0 aliphatic heterocycles. The maximum atomic E-state index is 11.4. The van der Waals surface area contributed by atoms with Gasteiger partial charge in [-0.2, -0.15) is 0 Å². The van der Waals surface area contributed by atoms with Crippen molar-refractivity contribution in [2.45, 2.75) is 19.9 Å². The quantitative estimate of drug-likeness (QED) is 0.857. The third-order valence-corrected chi connectivity index (χ3v) is 2.34. The van der Waals surface area contributed by atoms with Crippen LogP contribution in [0.2, 0.25) is 0 Å². The van der Waals surface area contributed by atoms with Crippen molar-refractivity contribution < 1.29 is 9.53 Å². The van der Waals surface area contributed by atoms with E-state index in [9.17, 15) is 4.79 Å². The van der Waals surface area contributed by atoms with Crippen molar-refractivity contribution in [3.05, 3.63) is 42.5 Å². The second-order valence-corrected chi connectivity index (χ2v) is 4.20. The molecule has 2 aromatic carbocycles. The van der Waals surface area contributed by atoms with Crippen LogP contribution in [0.15, 0.2) is 42.5 Å². The van der Waals surface area contributed by atoms with E-state index in [4.69, 9.17) is 4.74 Å². The molecule has 0 bridgehead atoms. The molecule has 0 aliphatic carbocycles. The maximum Gasteiger partial charge on any atom is 0.412 e. The molecule has 88 valence electrons. The molecule has 2 rings (SSSR count). The van der Waals surface area contributed by atoms with Crippen LogP contribution in [-0.4, -0.2) is 12.1 Å². The fourth-order valence-corrected chi connectivity index (χ4v) is 1.60. The van der Waals surface area contributed by atoms with Gasteiger partial charge in [0.1, 0.15) is 5.75 Å². The topological polar surface area (TPSA) is 38.3 Å². The van der Waals surface area contributed by atoms with Crippen molar-refractivity contribution in [3.8, 4) is 5.75 Å². The lowest BCUT2D eigenvalue weighted by molar-refractivity contribution is 0.198. The van der Waals surface area contributed by atoms with Crippen LogP contribution in [0.1, 0.15) is 13.8 Å². The van der Waals surface area contributed by atoms with Crippen LogP contribution in [0, 0.1) is 0 Å². The van der Waals surface area contributed by atoms with Crippen molar-refractivity contribution in [3.63, 3.8) is 0 Å². The van der Waals surface area contributed by atoms with Gasteiger partial charge in [-0.1, -0.05) is 30.3 Å². The van der Waals surface area contributed by atoms with E-state index in [0.29, 0.717) is 5.75 Å². The van der Waals surface area contributed by atoms with E-state index < -0.39 is 6.09 Å². The zero-order chi connectivity index (χ0) is 12.3. The van der Waals surface area contributed by atoms with Gasteiger partial charge < -0.3 is 10.1 Å². The van der Waals surface area contributed by atoms with E-state index in [-0.39, 0.29) is 6.04 Å². The van der Waals surface area contributed by atoms with Crippen molar-refractivity contribution in [2.24, 2.45) is 0 Å². The second kappa shape index (κ2) is 4.87. The molecule has 3 heteroatoms. The Balaban J connectivity index is 2.17. The summed E-state index contributed by atoms with van der Waals surface area (Å²) in [5.74, 6) is 0.557. The third kappa shape index (κ3) is 2.97. The van der Waals surface area contributed by atoms with Gasteiger partial charge in [0.05, 0.1) is 0 Å². The van der Waals surface area contributed by atoms with Crippen molar-refractivity contribution in [1.82, 2.24) is 5.32 Å². The van der Waals surface area contributed by atoms with Gasteiger partial charge in [-0.15, -0.1) is 0 Å². The molecule has 0 unspecified atom stereocenters. The van der Waals surface area contributed by atoms with E-state index in [1.807, 2.05) is 50.2 Å². The fourth-order valence-electron chi connectivity index (χ4n) is 1.60. The molecule has 3 nitrogen and oxygen atoms in total. The predicted molar refractivity (Wildman–Crippen MR) is 68.2 cm³/mol. The number of hydrogen-bond acceptors (Lipinski definition) is 2. The zero-order valence-corrected chi connectivity index (χ0v) is 9.94. The number of carbonyl (C=O) groups excluding carboxylic acids is 1.